The molecule has 0 bridgehead atoms. The van der Waals surface area contributed by atoms with Gasteiger partial charge in [-0.2, -0.15) is 9.97 Å². The number of anilines is 3. The van der Waals surface area contributed by atoms with Gasteiger partial charge in [0.05, 0.1) is 12.1 Å². The summed E-state index contributed by atoms with van der Waals surface area (Å²) in [5, 5.41) is 15.9. The zero-order valence-electron chi connectivity index (χ0n) is 10.7. The molecular formula is C12H21N5O. The molecule has 1 aromatic heterocycles. The normalized spacial score (nSPS) is 18.3. The van der Waals surface area contributed by atoms with Crippen molar-refractivity contribution in [3.8, 4) is 0 Å². The number of aliphatic hydroxyl groups is 1. The monoisotopic (exact) mass is 251 g/mol. The minimum absolute atomic E-state index is 0.117. The molecule has 1 heterocycles. The Morgan fingerprint density at radius 3 is 2.56 bits per heavy atom. The van der Waals surface area contributed by atoms with Crippen molar-refractivity contribution in [2.75, 3.05) is 30.0 Å². The molecular weight excluding hydrogens is 230 g/mol. The molecule has 0 amide bonds. The molecule has 1 aliphatic rings. The lowest BCUT2D eigenvalue weighted by Gasteiger charge is -2.37. The molecule has 6 heteroatoms. The van der Waals surface area contributed by atoms with Gasteiger partial charge in [-0.25, -0.2) is 0 Å². The lowest BCUT2D eigenvalue weighted by molar-refractivity contribution is 0.172. The number of nitrogens with zero attached hydrogens (tertiary/aromatic N) is 2. The standard InChI is InChI=1S/C12H21N5O/c1-14-9-7-10(16-11(13)15-9)17-12(8-18)5-3-2-4-6-12/h7,18H,2-6,8H2,1H3,(H4,13,14,15,16,17). The fourth-order valence-electron chi connectivity index (χ4n) is 2.48. The topological polar surface area (TPSA) is 96.1 Å². The van der Waals surface area contributed by atoms with Crippen LogP contribution in [0.4, 0.5) is 17.6 Å². The Kier molecular flexibility index (Phi) is 3.86. The summed E-state index contributed by atoms with van der Waals surface area (Å²) in [6.45, 7) is 0.117. The smallest absolute Gasteiger partial charge is 0.223 e. The molecule has 0 unspecified atom stereocenters. The van der Waals surface area contributed by atoms with E-state index in [9.17, 15) is 5.11 Å². The van der Waals surface area contributed by atoms with Crippen LogP contribution in [0.2, 0.25) is 0 Å². The van der Waals surface area contributed by atoms with E-state index >= 15 is 0 Å². The van der Waals surface area contributed by atoms with Crippen molar-refractivity contribution in [1.29, 1.82) is 0 Å². The van der Waals surface area contributed by atoms with Crippen molar-refractivity contribution in [2.45, 2.75) is 37.6 Å². The van der Waals surface area contributed by atoms with E-state index in [-0.39, 0.29) is 18.1 Å². The molecule has 0 radical (unpaired) electrons. The summed E-state index contributed by atoms with van der Waals surface area (Å²) in [4.78, 5) is 8.22. The van der Waals surface area contributed by atoms with Crippen LogP contribution in [0.1, 0.15) is 32.1 Å². The van der Waals surface area contributed by atoms with E-state index in [4.69, 9.17) is 5.73 Å². The predicted molar refractivity (Wildman–Crippen MR) is 72.5 cm³/mol. The Labute approximate surface area is 107 Å². The van der Waals surface area contributed by atoms with E-state index in [1.54, 1.807) is 7.05 Å². The lowest BCUT2D eigenvalue weighted by Crippen LogP contribution is -2.44. The maximum absolute atomic E-state index is 9.65. The van der Waals surface area contributed by atoms with Gasteiger partial charge >= 0.3 is 0 Å². The van der Waals surface area contributed by atoms with Crippen molar-refractivity contribution < 1.29 is 5.11 Å². The van der Waals surface area contributed by atoms with Crippen molar-refractivity contribution in [1.82, 2.24) is 9.97 Å². The van der Waals surface area contributed by atoms with Crippen molar-refractivity contribution >= 4 is 17.6 Å². The molecule has 0 aromatic carbocycles. The van der Waals surface area contributed by atoms with E-state index in [0.29, 0.717) is 11.6 Å². The van der Waals surface area contributed by atoms with E-state index in [1.165, 1.54) is 6.42 Å². The average Bonchev–Trinajstić information content (AvgIpc) is 2.39. The third-order valence-electron chi connectivity index (χ3n) is 3.51. The Morgan fingerprint density at radius 1 is 1.28 bits per heavy atom. The van der Waals surface area contributed by atoms with Crippen LogP contribution < -0.4 is 16.4 Å². The Hall–Kier alpha value is -1.56. The zero-order valence-corrected chi connectivity index (χ0v) is 10.7. The highest BCUT2D eigenvalue weighted by molar-refractivity contribution is 5.52. The Morgan fingerprint density at radius 2 is 1.94 bits per heavy atom. The minimum atomic E-state index is -0.260. The first kappa shape index (κ1) is 12.9. The molecule has 1 fully saturated rings. The van der Waals surface area contributed by atoms with Gasteiger partial charge in [0, 0.05) is 13.1 Å². The Bertz CT molecular complexity index is 403. The molecule has 0 atom stereocenters. The van der Waals surface area contributed by atoms with Crippen molar-refractivity contribution in [3.63, 3.8) is 0 Å². The van der Waals surface area contributed by atoms with Gasteiger partial charge in [0.15, 0.2) is 0 Å². The summed E-state index contributed by atoms with van der Waals surface area (Å²) < 4.78 is 0. The summed E-state index contributed by atoms with van der Waals surface area (Å²) in [7, 11) is 1.79. The second kappa shape index (κ2) is 5.39. The molecule has 1 saturated carbocycles. The molecule has 1 aromatic rings. The second-order valence-electron chi connectivity index (χ2n) is 4.87. The maximum Gasteiger partial charge on any atom is 0.223 e. The zero-order chi connectivity index (χ0) is 13.0. The second-order valence-corrected chi connectivity index (χ2v) is 4.87. The first-order valence-corrected chi connectivity index (χ1v) is 6.39. The minimum Gasteiger partial charge on any atom is -0.394 e. The van der Waals surface area contributed by atoms with Crippen LogP contribution in [0.15, 0.2) is 6.07 Å². The van der Waals surface area contributed by atoms with Crippen LogP contribution in [0.5, 0.6) is 0 Å². The van der Waals surface area contributed by atoms with Crippen LogP contribution >= 0.6 is 0 Å². The Balaban J connectivity index is 2.18. The molecule has 6 nitrogen and oxygen atoms in total. The van der Waals surface area contributed by atoms with Crippen molar-refractivity contribution in [2.24, 2.45) is 0 Å². The van der Waals surface area contributed by atoms with Crippen LogP contribution in [-0.4, -0.2) is 34.3 Å². The highest BCUT2D eigenvalue weighted by Crippen LogP contribution is 2.31. The van der Waals surface area contributed by atoms with Gasteiger partial charge in [-0.05, 0) is 12.8 Å². The number of hydrogen-bond donors (Lipinski definition) is 4. The molecule has 0 spiro atoms. The average molecular weight is 251 g/mol. The summed E-state index contributed by atoms with van der Waals surface area (Å²) in [5.41, 5.74) is 5.40. The molecule has 1 aliphatic carbocycles. The maximum atomic E-state index is 9.65. The number of nitrogens with one attached hydrogen (secondary N) is 2. The fraction of sp³-hybridized carbons (Fsp3) is 0.667. The highest BCUT2D eigenvalue weighted by Gasteiger charge is 2.31. The first-order valence-electron chi connectivity index (χ1n) is 6.39. The summed E-state index contributed by atoms with van der Waals surface area (Å²) in [5.74, 6) is 1.57. The van der Waals surface area contributed by atoms with Crippen molar-refractivity contribution in [3.05, 3.63) is 6.07 Å². The van der Waals surface area contributed by atoms with E-state index < -0.39 is 0 Å². The van der Waals surface area contributed by atoms with Crippen LogP contribution in [-0.2, 0) is 0 Å². The van der Waals surface area contributed by atoms with Gasteiger partial charge in [0.25, 0.3) is 0 Å². The summed E-state index contributed by atoms with van der Waals surface area (Å²) in [6, 6.07) is 1.81. The molecule has 100 valence electrons. The van der Waals surface area contributed by atoms with E-state index in [0.717, 1.165) is 25.7 Å². The summed E-state index contributed by atoms with van der Waals surface area (Å²) >= 11 is 0. The summed E-state index contributed by atoms with van der Waals surface area (Å²) in [6.07, 6.45) is 5.42. The van der Waals surface area contributed by atoms with Gasteiger partial charge in [0.2, 0.25) is 5.95 Å². The third-order valence-corrected chi connectivity index (χ3v) is 3.51. The van der Waals surface area contributed by atoms with Gasteiger partial charge < -0.3 is 21.5 Å². The predicted octanol–water partition coefficient (Wildman–Crippen LogP) is 1.21. The number of nitrogens with two attached hydrogens (primary N) is 1. The number of hydrogen-bond acceptors (Lipinski definition) is 6. The SMILES string of the molecule is CNc1cc(NC2(CO)CCCCC2)nc(N)n1. The number of rotatable bonds is 4. The van der Waals surface area contributed by atoms with E-state index in [1.807, 2.05) is 6.07 Å². The van der Waals surface area contributed by atoms with Gasteiger partial charge in [0.1, 0.15) is 11.6 Å². The van der Waals surface area contributed by atoms with Gasteiger partial charge in [-0.15, -0.1) is 0 Å². The van der Waals surface area contributed by atoms with Gasteiger partial charge in [-0.3, -0.25) is 0 Å². The molecule has 2 rings (SSSR count). The van der Waals surface area contributed by atoms with E-state index in [2.05, 4.69) is 20.6 Å². The quantitative estimate of drug-likeness (QED) is 0.642. The number of nitrogen functional groups attached to an aromatic ring is 1. The van der Waals surface area contributed by atoms with Crippen LogP contribution in [0.3, 0.4) is 0 Å². The largest absolute Gasteiger partial charge is 0.394 e. The molecule has 18 heavy (non-hydrogen) atoms. The number of aromatic nitrogens is 2. The molecule has 5 N–H and O–H groups in total. The van der Waals surface area contributed by atoms with Gasteiger partial charge in [-0.1, -0.05) is 19.3 Å². The highest BCUT2D eigenvalue weighted by atomic mass is 16.3. The first-order chi connectivity index (χ1) is 8.67. The van der Waals surface area contributed by atoms with Crippen LogP contribution in [0, 0.1) is 0 Å². The molecule has 0 saturated heterocycles. The third kappa shape index (κ3) is 2.81. The van der Waals surface area contributed by atoms with Crippen LogP contribution in [0.25, 0.3) is 0 Å². The molecule has 0 aliphatic heterocycles. The number of aliphatic hydroxyl groups excluding tert-OH is 1. The lowest BCUT2D eigenvalue weighted by atomic mass is 9.82. The fourth-order valence-corrected chi connectivity index (χ4v) is 2.48.